The van der Waals surface area contributed by atoms with E-state index < -0.39 is 6.10 Å². The van der Waals surface area contributed by atoms with Crippen molar-refractivity contribution < 1.29 is 14.6 Å². The standard InChI is InChI=1S/C22H29N3O3.HI/c1-4-23-22(25-12-11-16-7-5-6-8-17(16)15-25)24-14-20(26)19-13-18(27-2)9-10-21(19)28-3;/h5-10,13,20,26H,4,11-12,14-15H2,1-3H3,(H,23,24);1H. The lowest BCUT2D eigenvalue weighted by Crippen LogP contribution is -2.44. The van der Waals surface area contributed by atoms with Crippen LogP contribution in [0, 0.1) is 0 Å². The summed E-state index contributed by atoms with van der Waals surface area (Å²) in [4.78, 5) is 6.94. The number of aliphatic hydroxyl groups excluding tert-OH is 1. The van der Waals surface area contributed by atoms with Gasteiger partial charge in [0.15, 0.2) is 5.96 Å². The number of ether oxygens (including phenoxy) is 2. The minimum absolute atomic E-state index is 0. The summed E-state index contributed by atoms with van der Waals surface area (Å²) in [5.41, 5.74) is 3.40. The minimum atomic E-state index is -0.782. The summed E-state index contributed by atoms with van der Waals surface area (Å²) in [5, 5.41) is 14.1. The zero-order chi connectivity index (χ0) is 19.9. The molecular weight excluding hydrogens is 481 g/mol. The van der Waals surface area contributed by atoms with Crippen molar-refractivity contribution in [3.8, 4) is 11.5 Å². The van der Waals surface area contributed by atoms with Crippen molar-refractivity contribution in [1.29, 1.82) is 0 Å². The molecule has 1 aliphatic rings. The van der Waals surface area contributed by atoms with Gasteiger partial charge in [-0.25, -0.2) is 0 Å². The van der Waals surface area contributed by atoms with Crippen molar-refractivity contribution in [2.45, 2.75) is 26.0 Å². The highest BCUT2D eigenvalue weighted by Crippen LogP contribution is 2.29. The third kappa shape index (κ3) is 5.76. The number of guanidine groups is 1. The molecule has 1 heterocycles. The first-order chi connectivity index (χ1) is 13.7. The summed E-state index contributed by atoms with van der Waals surface area (Å²) in [6.07, 6.45) is 0.211. The molecule has 29 heavy (non-hydrogen) atoms. The Morgan fingerprint density at radius 3 is 2.62 bits per heavy atom. The maximum Gasteiger partial charge on any atom is 0.194 e. The molecule has 3 rings (SSSR count). The fraction of sp³-hybridized carbons (Fsp3) is 0.409. The summed E-state index contributed by atoms with van der Waals surface area (Å²) in [6, 6.07) is 13.9. The summed E-state index contributed by atoms with van der Waals surface area (Å²) in [5.74, 6) is 2.12. The highest BCUT2D eigenvalue weighted by molar-refractivity contribution is 14.0. The molecule has 2 aromatic rings. The van der Waals surface area contributed by atoms with E-state index in [-0.39, 0.29) is 30.5 Å². The van der Waals surface area contributed by atoms with Gasteiger partial charge in [0.25, 0.3) is 0 Å². The molecule has 0 saturated heterocycles. The van der Waals surface area contributed by atoms with Crippen LogP contribution in [0.15, 0.2) is 47.5 Å². The van der Waals surface area contributed by atoms with Gasteiger partial charge in [0.05, 0.1) is 20.8 Å². The first-order valence-corrected chi connectivity index (χ1v) is 9.66. The number of rotatable bonds is 6. The van der Waals surface area contributed by atoms with Gasteiger partial charge in [0, 0.05) is 25.2 Å². The van der Waals surface area contributed by atoms with Gasteiger partial charge in [-0.2, -0.15) is 0 Å². The number of aliphatic imine (C=N–C) groups is 1. The first kappa shape index (κ1) is 23.3. The molecule has 0 saturated carbocycles. The largest absolute Gasteiger partial charge is 0.497 e. The second-order valence-corrected chi connectivity index (χ2v) is 6.76. The van der Waals surface area contributed by atoms with Crippen LogP contribution in [-0.2, 0) is 13.0 Å². The van der Waals surface area contributed by atoms with E-state index in [4.69, 9.17) is 14.5 Å². The number of aliphatic hydroxyl groups is 1. The summed E-state index contributed by atoms with van der Waals surface area (Å²) in [6.45, 7) is 4.79. The van der Waals surface area contributed by atoms with Gasteiger partial charge in [0.2, 0.25) is 0 Å². The average molecular weight is 511 g/mol. The van der Waals surface area contributed by atoms with E-state index in [9.17, 15) is 5.11 Å². The Balaban J connectivity index is 0.00000300. The predicted molar refractivity (Wildman–Crippen MR) is 126 cm³/mol. The SMILES string of the molecule is CCNC(=NCC(O)c1cc(OC)ccc1OC)N1CCc2ccccc2C1.I. The lowest BCUT2D eigenvalue weighted by atomic mass is 10.0. The fourth-order valence-electron chi connectivity index (χ4n) is 3.47. The quantitative estimate of drug-likeness (QED) is 0.354. The topological polar surface area (TPSA) is 66.3 Å². The molecule has 0 amide bonds. The molecule has 2 aromatic carbocycles. The third-order valence-electron chi connectivity index (χ3n) is 4.97. The predicted octanol–water partition coefficient (Wildman–Crippen LogP) is 3.38. The molecule has 0 aliphatic carbocycles. The van der Waals surface area contributed by atoms with Crippen LogP contribution >= 0.6 is 24.0 Å². The van der Waals surface area contributed by atoms with E-state index in [0.29, 0.717) is 17.1 Å². The Hall–Kier alpha value is -2.00. The van der Waals surface area contributed by atoms with Crippen molar-refractivity contribution in [3.63, 3.8) is 0 Å². The number of methoxy groups -OCH3 is 2. The van der Waals surface area contributed by atoms with Crippen LogP contribution in [0.2, 0.25) is 0 Å². The summed E-state index contributed by atoms with van der Waals surface area (Å²) in [7, 11) is 3.20. The van der Waals surface area contributed by atoms with Crippen molar-refractivity contribution in [3.05, 3.63) is 59.2 Å². The maximum atomic E-state index is 10.7. The monoisotopic (exact) mass is 511 g/mol. The normalized spacial score (nSPS) is 14.5. The molecule has 0 spiro atoms. The van der Waals surface area contributed by atoms with Gasteiger partial charge >= 0.3 is 0 Å². The van der Waals surface area contributed by atoms with Crippen molar-refractivity contribution >= 4 is 29.9 Å². The Kier molecular flexibility index (Phi) is 9.03. The molecule has 2 N–H and O–H groups in total. The Morgan fingerprint density at radius 1 is 1.17 bits per heavy atom. The number of halogens is 1. The average Bonchev–Trinajstić information content (AvgIpc) is 2.75. The highest BCUT2D eigenvalue weighted by atomic mass is 127. The van der Waals surface area contributed by atoms with Crippen LogP contribution < -0.4 is 14.8 Å². The van der Waals surface area contributed by atoms with Crippen LogP contribution in [0.4, 0.5) is 0 Å². The van der Waals surface area contributed by atoms with Crippen molar-refractivity contribution in [2.75, 3.05) is 33.9 Å². The summed E-state index contributed by atoms with van der Waals surface area (Å²) < 4.78 is 10.7. The van der Waals surface area contributed by atoms with Gasteiger partial charge in [-0.1, -0.05) is 24.3 Å². The van der Waals surface area contributed by atoms with Gasteiger partial charge in [-0.15, -0.1) is 24.0 Å². The summed E-state index contributed by atoms with van der Waals surface area (Å²) >= 11 is 0. The van der Waals surface area contributed by atoms with Crippen LogP contribution in [0.1, 0.15) is 29.7 Å². The zero-order valence-corrected chi connectivity index (χ0v) is 19.6. The number of hydrogen-bond acceptors (Lipinski definition) is 4. The van der Waals surface area contributed by atoms with Crippen LogP contribution in [0.3, 0.4) is 0 Å². The Morgan fingerprint density at radius 2 is 1.93 bits per heavy atom. The molecule has 0 fully saturated rings. The molecular formula is C22H30IN3O3. The van der Waals surface area contributed by atoms with E-state index in [1.54, 1.807) is 26.4 Å². The molecule has 1 aliphatic heterocycles. The Bertz CT molecular complexity index is 829. The second-order valence-electron chi connectivity index (χ2n) is 6.76. The van der Waals surface area contributed by atoms with Crippen molar-refractivity contribution in [1.82, 2.24) is 10.2 Å². The molecule has 6 nitrogen and oxygen atoms in total. The Labute approximate surface area is 190 Å². The van der Waals surface area contributed by atoms with E-state index in [1.165, 1.54) is 11.1 Å². The van der Waals surface area contributed by atoms with E-state index in [1.807, 2.05) is 6.07 Å². The van der Waals surface area contributed by atoms with Crippen molar-refractivity contribution in [2.24, 2.45) is 4.99 Å². The van der Waals surface area contributed by atoms with Gasteiger partial charge in [0.1, 0.15) is 17.6 Å². The number of fused-ring (bicyclic) bond motifs is 1. The molecule has 1 atom stereocenters. The smallest absolute Gasteiger partial charge is 0.194 e. The van der Waals surface area contributed by atoms with Gasteiger partial charge < -0.3 is 24.8 Å². The first-order valence-electron chi connectivity index (χ1n) is 9.66. The third-order valence-corrected chi connectivity index (χ3v) is 4.97. The second kappa shape index (κ2) is 11.3. The number of nitrogens with zero attached hydrogens (tertiary/aromatic N) is 2. The molecule has 1 unspecified atom stereocenters. The molecule has 0 bridgehead atoms. The van der Waals surface area contributed by atoms with E-state index in [2.05, 4.69) is 41.4 Å². The molecule has 7 heteroatoms. The van der Waals surface area contributed by atoms with Gasteiger partial charge in [-0.3, -0.25) is 4.99 Å². The zero-order valence-electron chi connectivity index (χ0n) is 17.2. The lowest BCUT2D eigenvalue weighted by molar-refractivity contribution is 0.181. The number of nitrogens with one attached hydrogen (secondary N) is 1. The molecule has 158 valence electrons. The van der Waals surface area contributed by atoms with E-state index in [0.717, 1.165) is 32.0 Å². The van der Waals surface area contributed by atoms with Crippen LogP contribution in [-0.4, -0.2) is 49.8 Å². The van der Waals surface area contributed by atoms with Gasteiger partial charge in [-0.05, 0) is 42.7 Å². The highest BCUT2D eigenvalue weighted by Gasteiger charge is 2.20. The van der Waals surface area contributed by atoms with E-state index >= 15 is 0 Å². The van der Waals surface area contributed by atoms with Crippen LogP contribution in [0.25, 0.3) is 0 Å². The van der Waals surface area contributed by atoms with Crippen LogP contribution in [0.5, 0.6) is 11.5 Å². The number of benzene rings is 2. The maximum absolute atomic E-state index is 10.7. The fourth-order valence-corrected chi connectivity index (χ4v) is 3.47. The lowest BCUT2D eigenvalue weighted by Gasteiger charge is -2.32. The number of hydrogen-bond donors (Lipinski definition) is 2. The molecule has 0 radical (unpaired) electrons. The molecule has 0 aromatic heterocycles. The minimum Gasteiger partial charge on any atom is -0.497 e.